The molecule has 0 bridgehead atoms. The summed E-state index contributed by atoms with van der Waals surface area (Å²) < 4.78 is 10.5. The fourth-order valence-electron chi connectivity index (χ4n) is 3.10. The minimum atomic E-state index is -1.47. The van der Waals surface area contributed by atoms with Gasteiger partial charge in [-0.15, -0.1) is 0 Å². The minimum Gasteiger partial charge on any atom is -0.394 e. The van der Waals surface area contributed by atoms with Crippen LogP contribution in [0.4, 0.5) is 0 Å². The van der Waals surface area contributed by atoms with Gasteiger partial charge in [-0.1, -0.05) is 36.8 Å². The molecule has 1 aromatic rings. The highest BCUT2D eigenvalue weighted by Crippen LogP contribution is 2.21. The number of aryl methyl sites for hydroxylation is 1. The molecule has 0 radical (unpaired) electrons. The molecule has 0 aromatic heterocycles. The van der Waals surface area contributed by atoms with Crippen LogP contribution in [0.1, 0.15) is 31.2 Å². The number of aliphatic hydroxyl groups is 4. The van der Waals surface area contributed by atoms with Gasteiger partial charge in [-0.3, -0.25) is 4.79 Å². The second-order valence-electron chi connectivity index (χ2n) is 6.96. The summed E-state index contributed by atoms with van der Waals surface area (Å²) in [5.41, 5.74) is 1.30. The van der Waals surface area contributed by atoms with Crippen molar-refractivity contribution in [3.05, 3.63) is 35.9 Å². The zero-order chi connectivity index (χ0) is 20.4. The summed E-state index contributed by atoms with van der Waals surface area (Å²) >= 11 is 0. The van der Waals surface area contributed by atoms with Crippen LogP contribution in [0.15, 0.2) is 30.3 Å². The number of ether oxygens (including phenoxy) is 2. The van der Waals surface area contributed by atoms with E-state index < -0.39 is 37.3 Å². The molecule has 5 N–H and O–H groups in total. The van der Waals surface area contributed by atoms with Gasteiger partial charge in [0.05, 0.1) is 13.2 Å². The maximum atomic E-state index is 11.8. The van der Waals surface area contributed by atoms with Gasteiger partial charge in [0.25, 0.3) is 0 Å². The number of hydrogen-bond donors (Lipinski definition) is 5. The number of hydrogen-bond acceptors (Lipinski definition) is 7. The lowest BCUT2D eigenvalue weighted by atomic mass is 9.99. The van der Waals surface area contributed by atoms with Gasteiger partial charge < -0.3 is 35.2 Å². The van der Waals surface area contributed by atoms with Gasteiger partial charge in [-0.05, 0) is 24.8 Å². The van der Waals surface area contributed by atoms with Crippen molar-refractivity contribution < 1.29 is 34.7 Å². The third-order valence-electron chi connectivity index (χ3n) is 4.77. The van der Waals surface area contributed by atoms with E-state index in [1.165, 1.54) is 5.56 Å². The maximum Gasteiger partial charge on any atom is 0.220 e. The SMILES string of the molecule is O=C(CCCCCc1ccccc1)NCCO[C@@H]1O[C@H](CO)[C@H](O)[C@H](O)[C@H]1O. The van der Waals surface area contributed by atoms with Gasteiger partial charge in [-0.25, -0.2) is 0 Å². The minimum absolute atomic E-state index is 0.0719. The second kappa shape index (κ2) is 12.1. The molecule has 1 fully saturated rings. The van der Waals surface area contributed by atoms with Crippen molar-refractivity contribution >= 4 is 5.91 Å². The smallest absolute Gasteiger partial charge is 0.220 e. The predicted octanol–water partition coefficient (Wildman–Crippen LogP) is -0.278. The molecule has 0 saturated carbocycles. The molecule has 8 nitrogen and oxygen atoms in total. The normalized spacial score (nSPS) is 27.5. The molecule has 1 aliphatic heterocycles. The molecule has 0 unspecified atom stereocenters. The summed E-state index contributed by atoms with van der Waals surface area (Å²) in [5, 5.41) is 41.1. The third-order valence-corrected chi connectivity index (χ3v) is 4.77. The lowest BCUT2D eigenvalue weighted by molar-refractivity contribution is -0.300. The lowest BCUT2D eigenvalue weighted by Crippen LogP contribution is -2.59. The Labute approximate surface area is 165 Å². The number of amides is 1. The summed E-state index contributed by atoms with van der Waals surface area (Å²) in [4.78, 5) is 11.8. The van der Waals surface area contributed by atoms with E-state index in [9.17, 15) is 20.1 Å². The molecule has 8 heteroatoms. The van der Waals surface area contributed by atoms with Crippen LogP contribution in [0.3, 0.4) is 0 Å². The van der Waals surface area contributed by atoms with Crippen LogP contribution >= 0.6 is 0 Å². The van der Waals surface area contributed by atoms with Crippen molar-refractivity contribution in [2.24, 2.45) is 0 Å². The zero-order valence-electron chi connectivity index (χ0n) is 15.9. The van der Waals surface area contributed by atoms with Crippen LogP contribution < -0.4 is 5.32 Å². The first-order valence-corrected chi connectivity index (χ1v) is 9.75. The molecular weight excluding hydrogens is 366 g/mol. The van der Waals surface area contributed by atoms with Gasteiger partial charge in [0.2, 0.25) is 5.91 Å². The largest absolute Gasteiger partial charge is 0.394 e. The Kier molecular flexibility index (Phi) is 9.83. The molecule has 1 heterocycles. The maximum absolute atomic E-state index is 11.8. The van der Waals surface area contributed by atoms with E-state index >= 15 is 0 Å². The summed E-state index contributed by atoms with van der Waals surface area (Å²) in [7, 11) is 0. The van der Waals surface area contributed by atoms with E-state index in [0.717, 1.165) is 25.7 Å². The fraction of sp³-hybridized carbons (Fsp3) is 0.650. The van der Waals surface area contributed by atoms with E-state index in [4.69, 9.17) is 14.6 Å². The molecule has 1 aliphatic rings. The number of unbranched alkanes of at least 4 members (excludes halogenated alkanes) is 2. The molecule has 2 rings (SSSR count). The Balaban J connectivity index is 1.53. The second-order valence-corrected chi connectivity index (χ2v) is 6.96. The van der Waals surface area contributed by atoms with Crippen molar-refractivity contribution in [1.82, 2.24) is 5.32 Å². The fourth-order valence-corrected chi connectivity index (χ4v) is 3.10. The molecule has 1 saturated heterocycles. The average Bonchev–Trinajstić information content (AvgIpc) is 2.71. The Bertz CT molecular complexity index is 569. The topological polar surface area (TPSA) is 128 Å². The number of rotatable bonds is 11. The molecule has 0 aliphatic carbocycles. The van der Waals surface area contributed by atoms with Crippen LogP contribution in [0, 0.1) is 0 Å². The summed E-state index contributed by atoms with van der Waals surface area (Å²) in [5.74, 6) is -0.0721. The van der Waals surface area contributed by atoms with Crippen molar-refractivity contribution in [2.45, 2.75) is 62.8 Å². The zero-order valence-corrected chi connectivity index (χ0v) is 15.9. The van der Waals surface area contributed by atoms with E-state index in [0.29, 0.717) is 6.42 Å². The van der Waals surface area contributed by atoms with Gasteiger partial charge in [0.1, 0.15) is 24.4 Å². The van der Waals surface area contributed by atoms with E-state index in [-0.39, 0.29) is 19.1 Å². The molecule has 5 atom stereocenters. The van der Waals surface area contributed by atoms with E-state index in [2.05, 4.69) is 17.4 Å². The molecule has 1 amide bonds. The Morgan fingerprint density at radius 1 is 1.04 bits per heavy atom. The molecular formula is C20H31NO7. The Morgan fingerprint density at radius 3 is 2.50 bits per heavy atom. The number of aliphatic hydroxyl groups excluding tert-OH is 4. The van der Waals surface area contributed by atoms with Crippen molar-refractivity contribution in [3.8, 4) is 0 Å². The third kappa shape index (κ3) is 7.12. The monoisotopic (exact) mass is 397 g/mol. The van der Waals surface area contributed by atoms with E-state index in [1.807, 2.05) is 18.2 Å². The number of carbonyl (C=O) groups excluding carboxylic acids is 1. The van der Waals surface area contributed by atoms with Crippen LogP contribution in [0.25, 0.3) is 0 Å². The molecule has 0 spiro atoms. The van der Waals surface area contributed by atoms with Gasteiger partial charge >= 0.3 is 0 Å². The predicted molar refractivity (Wildman–Crippen MR) is 101 cm³/mol. The lowest BCUT2D eigenvalue weighted by Gasteiger charge is -2.39. The van der Waals surface area contributed by atoms with Crippen molar-refractivity contribution in [3.63, 3.8) is 0 Å². The van der Waals surface area contributed by atoms with Crippen LogP contribution in [-0.4, -0.2) is 76.8 Å². The standard InChI is InChI=1S/C20H31NO7/c22-13-15-17(24)18(25)19(26)20(28-15)27-12-11-21-16(23)10-6-2-5-9-14-7-3-1-4-8-14/h1,3-4,7-8,15,17-20,22,24-26H,2,5-6,9-13H2,(H,21,23)/t15-,17+,18+,19-,20-/m1/s1. The van der Waals surface area contributed by atoms with Crippen LogP contribution in [0.5, 0.6) is 0 Å². The number of nitrogens with one attached hydrogen (secondary N) is 1. The van der Waals surface area contributed by atoms with Gasteiger partial charge in [0, 0.05) is 13.0 Å². The van der Waals surface area contributed by atoms with Crippen LogP contribution in [0.2, 0.25) is 0 Å². The highest BCUT2D eigenvalue weighted by atomic mass is 16.7. The molecule has 28 heavy (non-hydrogen) atoms. The first-order valence-electron chi connectivity index (χ1n) is 9.75. The summed E-state index contributed by atoms with van der Waals surface area (Å²) in [6.45, 7) is -0.202. The first-order chi connectivity index (χ1) is 13.5. The highest BCUT2D eigenvalue weighted by molar-refractivity contribution is 5.75. The molecule has 1 aromatic carbocycles. The average molecular weight is 397 g/mol. The van der Waals surface area contributed by atoms with E-state index in [1.54, 1.807) is 0 Å². The summed E-state index contributed by atoms with van der Waals surface area (Å²) in [6.07, 6.45) is -2.22. The van der Waals surface area contributed by atoms with Gasteiger partial charge in [0.15, 0.2) is 6.29 Å². The number of carbonyl (C=O) groups is 1. The first kappa shape index (κ1) is 22.7. The Hall–Kier alpha value is -1.55. The molecule has 158 valence electrons. The van der Waals surface area contributed by atoms with Gasteiger partial charge in [-0.2, -0.15) is 0 Å². The van der Waals surface area contributed by atoms with Crippen LogP contribution in [-0.2, 0) is 20.7 Å². The quantitative estimate of drug-likeness (QED) is 0.325. The Morgan fingerprint density at radius 2 is 1.79 bits per heavy atom. The number of benzene rings is 1. The van der Waals surface area contributed by atoms with Crippen molar-refractivity contribution in [1.29, 1.82) is 0 Å². The highest BCUT2D eigenvalue weighted by Gasteiger charge is 2.43. The summed E-state index contributed by atoms with van der Waals surface area (Å²) in [6, 6.07) is 10.2. The van der Waals surface area contributed by atoms with Crippen molar-refractivity contribution in [2.75, 3.05) is 19.8 Å².